The molecule has 0 amide bonds. The Hall–Kier alpha value is -1.72. The molecular formula is C15H18N2O2S. The van der Waals surface area contributed by atoms with E-state index in [-0.39, 0.29) is 6.04 Å². The Morgan fingerprint density at radius 2 is 2.20 bits per heavy atom. The molecule has 0 fully saturated rings. The van der Waals surface area contributed by atoms with Gasteiger partial charge in [-0.2, -0.15) is 0 Å². The van der Waals surface area contributed by atoms with Crippen molar-refractivity contribution in [3.05, 3.63) is 51.5 Å². The predicted molar refractivity (Wildman–Crippen MR) is 80.1 cm³/mol. The Kier molecular flexibility index (Phi) is 4.87. The van der Waals surface area contributed by atoms with E-state index >= 15 is 0 Å². The number of nitrogens with zero attached hydrogens (tertiary/aromatic N) is 1. The van der Waals surface area contributed by atoms with Gasteiger partial charge in [-0.1, -0.05) is 25.1 Å². The number of carboxylic acids is 1. The smallest absolute Gasteiger partial charge is 0.336 e. The van der Waals surface area contributed by atoms with Crippen molar-refractivity contribution in [2.24, 2.45) is 0 Å². The molecule has 1 heterocycles. The van der Waals surface area contributed by atoms with Crippen LogP contribution in [0.25, 0.3) is 0 Å². The summed E-state index contributed by atoms with van der Waals surface area (Å²) in [5.41, 5.74) is 1.14. The molecule has 1 unspecified atom stereocenters. The number of aromatic nitrogens is 1. The van der Waals surface area contributed by atoms with E-state index in [1.165, 1.54) is 4.88 Å². The summed E-state index contributed by atoms with van der Waals surface area (Å²) < 4.78 is 0. The summed E-state index contributed by atoms with van der Waals surface area (Å²) in [5.74, 6) is -0.891. The van der Waals surface area contributed by atoms with Crippen molar-refractivity contribution in [2.45, 2.75) is 32.9 Å². The maximum Gasteiger partial charge on any atom is 0.336 e. The molecule has 2 aromatic rings. The normalized spacial score (nSPS) is 12.3. The first-order valence-corrected chi connectivity index (χ1v) is 7.42. The highest BCUT2D eigenvalue weighted by molar-refractivity contribution is 7.11. The van der Waals surface area contributed by atoms with Gasteiger partial charge in [0.2, 0.25) is 0 Å². The minimum Gasteiger partial charge on any atom is -0.478 e. The fraction of sp³-hybridized carbons (Fsp3) is 0.333. The number of hydrogen-bond donors (Lipinski definition) is 2. The quantitative estimate of drug-likeness (QED) is 0.857. The molecule has 4 nitrogen and oxygen atoms in total. The van der Waals surface area contributed by atoms with Gasteiger partial charge in [-0.25, -0.2) is 9.78 Å². The topological polar surface area (TPSA) is 62.2 Å². The lowest BCUT2D eigenvalue weighted by Crippen LogP contribution is -2.19. The predicted octanol–water partition coefficient (Wildman–Crippen LogP) is 3.25. The molecule has 0 aliphatic rings. The molecule has 0 aliphatic heterocycles. The van der Waals surface area contributed by atoms with Gasteiger partial charge in [0.1, 0.15) is 5.01 Å². The van der Waals surface area contributed by atoms with E-state index in [2.05, 4.69) is 17.2 Å². The molecule has 2 rings (SSSR count). The van der Waals surface area contributed by atoms with Crippen molar-refractivity contribution >= 4 is 17.3 Å². The molecule has 2 N–H and O–H groups in total. The van der Waals surface area contributed by atoms with Crippen LogP contribution in [0.2, 0.25) is 0 Å². The molecular weight excluding hydrogens is 272 g/mol. The molecule has 0 radical (unpaired) electrons. The van der Waals surface area contributed by atoms with Crippen molar-refractivity contribution in [3.8, 4) is 0 Å². The second-order valence-corrected chi connectivity index (χ2v) is 5.73. The van der Waals surface area contributed by atoms with E-state index in [0.717, 1.165) is 17.0 Å². The van der Waals surface area contributed by atoms with Gasteiger partial charge < -0.3 is 10.4 Å². The molecule has 1 atom stereocenters. The molecule has 20 heavy (non-hydrogen) atoms. The van der Waals surface area contributed by atoms with E-state index in [1.54, 1.807) is 23.5 Å². The summed E-state index contributed by atoms with van der Waals surface area (Å²) in [4.78, 5) is 16.8. The molecule has 0 bridgehead atoms. The molecule has 0 spiro atoms. The van der Waals surface area contributed by atoms with E-state index in [1.807, 2.05) is 25.3 Å². The Bertz CT molecular complexity index is 595. The maximum atomic E-state index is 11.1. The van der Waals surface area contributed by atoms with Crippen molar-refractivity contribution in [2.75, 3.05) is 0 Å². The number of aryl methyl sites for hydroxylation is 1. The summed E-state index contributed by atoms with van der Waals surface area (Å²) in [6, 6.07) is 7.17. The Morgan fingerprint density at radius 1 is 1.45 bits per heavy atom. The number of carbonyl (C=O) groups is 1. The third-order valence-corrected chi connectivity index (χ3v) is 4.46. The maximum absolute atomic E-state index is 11.1. The van der Waals surface area contributed by atoms with Gasteiger partial charge in [0.05, 0.1) is 11.6 Å². The first-order chi connectivity index (χ1) is 9.61. The minimum absolute atomic E-state index is 0.113. The van der Waals surface area contributed by atoms with Crippen LogP contribution < -0.4 is 5.32 Å². The molecule has 0 saturated carbocycles. The standard InChI is InChI=1S/C15H18N2O2S/c1-3-12-9-17-14(20-12)10(2)16-8-11-6-4-5-7-13(11)15(18)19/h4-7,9-10,16H,3,8H2,1-2H3,(H,18,19). The average molecular weight is 290 g/mol. The van der Waals surface area contributed by atoms with Crippen molar-refractivity contribution in [1.82, 2.24) is 10.3 Å². The van der Waals surface area contributed by atoms with Gasteiger partial charge in [0.15, 0.2) is 0 Å². The zero-order chi connectivity index (χ0) is 14.5. The largest absolute Gasteiger partial charge is 0.478 e. The second kappa shape index (κ2) is 6.63. The fourth-order valence-electron chi connectivity index (χ4n) is 1.92. The molecule has 0 aliphatic carbocycles. The van der Waals surface area contributed by atoms with Crippen LogP contribution in [0.4, 0.5) is 0 Å². The summed E-state index contributed by atoms with van der Waals surface area (Å²) in [5, 5.41) is 13.5. The first-order valence-electron chi connectivity index (χ1n) is 6.61. The van der Waals surface area contributed by atoms with Crippen LogP contribution in [0.5, 0.6) is 0 Å². The Labute approximate surface area is 122 Å². The average Bonchev–Trinajstić information content (AvgIpc) is 2.94. The number of benzene rings is 1. The van der Waals surface area contributed by atoms with Crippen LogP contribution in [0.3, 0.4) is 0 Å². The number of carboxylic acid groups (broad SMARTS) is 1. The molecule has 1 aromatic carbocycles. The third-order valence-electron chi connectivity index (χ3n) is 3.14. The number of aromatic carboxylic acids is 1. The van der Waals surface area contributed by atoms with Crippen LogP contribution in [0, 0.1) is 0 Å². The number of thiazole rings is 1. The van der Waals surface area contributed by atoms with E-state index in [0.29, 0.717) is 12.1 Å². The van der Waals surface area contributed by atoms with Crippen LogP contribution in [0.15, 0.2) is 30.5 Å². The lowest BCUT2D eigenvalue weighted by Gasteiger charge is -2.12. The Balaban J connectivity index is 2.03. The molecule has 1 aromatic heterocycles. The number of rotatable bonds is 6. The van der Waals surface area contributed by atoms with Gasteiger partial charge in [0.25, 0.3) is 0 Å². The van der Waals surface area contributed by atoms with Crippen LogP contribution in [0.1, 0.15) is 45.7 Å². The zero-order valence-electron chi connectivity index (χ0n) is 11.6. The van der Waals surface area contributed by atoms with Gasteiger partial charge >= 0.3 is 5.97 Å². The summed E-state index contributed by atoms with van der Waals surface area (Å²) in [6.45, 7) is 4.67. The van der Waals surface area contributed by atoms with Crippen molar-refractivity contribution in [1.29, 1.82) is 0 Å². The summed E-state index contributed by atoms with van der Waals surface area (Å²) in [7, 11) is 0. The lowest BCUT2D eigenvalue weighted by atomic mass is 10.1. The monoisotopic (exact) mass is 290 g/mol. The van der Waals surface area contributed by atoms with Crippen molar-refractivity contribution in [3.63, 3.8) is 0 Å². The first kappa shape index (κ1) is 14.7. The number of hydrogen-bond acceptors (Lipinski definition) is 4. The molecule has 5 heteroatoms. The lowest BCUT2D eigenvalue weighted by molar-refractivity contribution is 0.0695. The van der Waals surface area contributed by atoms with Crippen LogP contribution >= 0.6 is 11.3 Å². The van der Waals surface area contributed by atoms with Crippen LogP contribution in [-0.4, -0.2) is 16.1 Å². The second-order valence-electron chi connectivity index (χ2n) is 4.58. The van der Waals surface area contributed by atoms with Gasteiger partial charge in [-0.05, 0) is 25.0 Å². The summed E-state index contributed by atoms with van der Waals surface area (Å²) in [6.07, 6.45) is 2.90. The Morgan fingerprint density at radius 3 is 2.85 bits per heavy atom. The number of nitrogens with one attached hydrogen (secondary N) is 1. The van der Waals surface area contributed by atoms with E-state index in [9.17, 15) is 4.79 Å². The van der Waals surface area contributed by atoms with Gasteiger partial charge in [0, 0.05) is 17.6 Å². The highest BCUT2D eigenvalue weighted by Gasteiger charge is 2.12. The summed E-state index contributed by atoms with van der Waals surface area (Å²) >= 11 is 1.70. The SMILES string of the molecule is CCc1cnc(C(C)NCc2ccccc2C(=O)O)s1. The van der Waals surface area contributed by atoms with Crippen molar-refractivity contribution < 1.29 is 9.90 Å². The van der Waals surface area contributed by atoms with E-state index < -0.39 is 5.97 Å². The highest BCUT2D eigenvalue weighted by atomic mass is 32.1. The minimum atomic E-state index is -0.891. The fourth-order valence-corrected chi connectivity index (χ4v) is 2.80. The molecule has 106 valence electrons. The molecule has 0 saturated heterocycles. The van der Waals surface area contributed by atoms with Crippen LogP contribution in [-0.2, 0) is 13.0 Å². The third kappa shape index (κ3) is 3.43. The van der Waals surface area contributed by atoms with Gasteiger partial charge in [-0.15, -0.1) is 11.3 Å². The zero-order valence-corrected chi connectivity index (χ0v) is 12.4. The van der Waals surface area contributed by atoms with E-state index in [4.69, 9.17) is 5.11 Å². The highest BCUT2D eigenvalue weighted by Crippen LogP contribution is 2.21. The van der Waals surface area contributed by atoms with Gasteiger partial charge in [-0.3, -0.25) is 0 Å².